The molecular formula is C11H20N4OS. The Labute approximate surface area is 106 Å². The van der Waals surface area contributed by atoms with E-state index in [1.54, 1.807) is 0 Å². The summed E-state index contributed by atoms with van der Waals surface area (Å²) in [4.78, 5) is 9.03. The summed E-state index contributed by atoms with van der Waals surface area (Å²) in [6, 6.07) is 0.447. The van der Waals surface area contributed by atoms with Gasteiger partial charge in [-0.3, -0.25) is 4.90 Å². The summed E-state index contributed by atoms with van der Waals surface area (Å²) in [6.45, 7) is 9.62. The number of hydrogen-bond acceptors (Lipinski definition) is 6. The highest BCUT2D eigenvalue weighted by molar-refractivity contribution is 7.09. The van der Waals surface area contributed by atoms with E-state index in [4.69, 9.17) is 0 Å². The third-order valence-corrected chi connectivity index (χ3v) is 3.92. The number of nitrogens with zero attached hydrogens (tertiary/aromatic N) is 4. The van der Waals surface area contributed by atoms with Crippen LogP contribution in [-0.4, -0.2) is 57.7 Å². The Balaban J connectivity index is 1.95. The zero-order valence-corrected chi connectivity index (χ0v) is 11.4. The molecule has 0 aromatic carbocycles. The van der Waals surface area contributed by atoms with Crippen molar-refractivity contribution in [2.45, 2.75) is 32.9 Å². The first-order valence-electron chi connectivity index (χ1n) is 6.03. The molecule has 1 aliphatic heterocycles. The van der Waals surface area contributed by atoms with Gasteiger partial charge in [0, 0.05) is 43.8 Å². The summed E-state index contributed by atoms with van der Waals surface area (Å²) in [6.07, 6.45) is -0.257. The molecule has 1 fully saturated rings. The van der Waals surface area contributed by atoms with Crippen molar-refractivity contribution in [3.8, 4) is 0 Å². The number of piperazine rings is 1. The van der Waals surface area contributed by atoms with E-state index in [2.05, 4.69) is 26.1 Å². The monoisotopic (exact) mass is 256 g/mol. The summed E-state index contributed by atoms with van der Waals surface area (Å²) in [7, 11) is 0. The van der Waals surface area contributed by atoms with Crippen molar-refractivity contribution in [2.24, 2.45) is 0 Å². The quantitative estimate of drug-likeness (QED) is 0.864. The lowest BCUT2D eigenvalue weighted by Gasteiger charge is -2.40. The standard InChI is InChI=1S/C11H20N4OS/c1-8-6-15(11-12-10(3)13-17-11)5-4-14(8)7-9(2)16/h8-9,16H,4-7H2,1-3H3. The van der Waals surface area contributed by atoms with E-state index in [-0.39, 0.29) is 6.10 Å². The van der Waals surface area contributed by atoms with Gasteiger partial charge in [-0.25, -0.2) is 4.98 Å². The van der Waals surface area contributed by atoms with Crippen LogP contribution in [0.25, 0.3) is 0 Å². The average Bonchev–Trinajstić information content (AvgIpc) is 2.67. The first-order chi connectivity index (χ1) is 8.06. The summed E-state index contributed by atoms with van der Waals surface area (Å²) in [5, 5.41) is 10.5. The maximum atomic E-state index is 9.43. The van der Waals surface area contributed by atoms with Crippen LogP contribution in [-0.2, 0) is 0 Å². The highest BCUT2D eigenvalue weighted by atomic mass is 32.1. The molecule has 5 nitrogen and oxygen atoms in total. The molecule has 2 unspecified atom stereocenters. The molecule has 0 saturated carbocycles. The molecule has 1 N–H and O–H groups in total. The number of rotatable bonds is 3. The SMILES string of the molecule is Cc1nsc(N2CCN(CC(C)O)C(C)C2)n1. The van der Waals surface area contributed by atoms with E-state index in [0.717, 1.165) is 37.1 Å². The minimum Gasteiger partial charge on any atom is -0.392 e. The number of hydrogen-bond donors (Lipinski definition) is 1. The topological polar surface area (TPSA) is 52.5 Å². The maximum absolute atomic E-state index is 9.43. The Morgan fingerprint density at radius 1 is 1.53 bits per heavy atom. The van der Waals surface area contributed by atoms with Gasteiger partial charge in [-0.05, 0) is 20.8 Å². The second kappa shape index (κ2) is 5.29. The van der Waals surface area contributed by atoms with E-state index in [9.17, 15) is 5.11 Å². The van der Waals surface area contributed by atoms with Crippen LogP contribution in [0.5, 0.6) is 0 Å². The Morgan fingerprint density at radius 3 is 2.82 bits per heavy atom. The number of aromatic nitrogens is 2. The Morgan fingerprint density at radius 2 is 2.29 bits per heavy atom. The molecule has 96 valence electrons. The van der Waals surface area contributed by atoms with Crippen molar-refractivity contribution in [3.05, 3.63) is 5.82 Å². The van der Waals surface area contributed by atoms with E-state index in [1.807, 2.05) is 13.8 Å². The number of aliphatic hydroxyl groups is 1. The molecule has 17 heavy (non-hydrogen) atoms. The number of anilines is 1. The van der Waals surface area contributed by atoms with Crippen molar-refractivity contribution in [3.63, 3.8) is 0 Å². The first kappa shape index (κ1) is 12.7. The lowest BCUT2D eigenvalue weighted by atomic mass is 10.2. The minimum atomic E-state index is -0.257. The fourth-order valence-corrected chi connectivity index (χ4v) is 2.90. The number of aryl methyl sites for hydroxylation is 1. The summed E-state index contributed by atoms with van der Waals surface area (Å²) in [5.41, 5.74) is 0. The molecule has 0 bridgehead atoms. The van der Waals surface area contributed by atoms with E-state index < -0.39 is 0 Å². The molecule has 0 amide bonds. The fourth-order valence-electron chi connectivity index (χ4n) is 2.19. The lowest BCUT2D eigenvalue weighted by molar-refractivity contribution is 0.0960. The average molecular weight is 256 g/mol. The van der Waals surface area contributed by atoms with Gasteiger partial charge >= 0.3 is 0 Å². The van der Waals surface area contributed by atoms with Crippen LogP contribution in [0.2, 0.25) is 0 Å². The maximum Gasteiger partial charge on any atom is 0.205 e. The Kier molecular flexibility index (Phi) is 3.96. The minimum absolute atomic E-state index is 0.257. The van der Waals surface area contributed by atoms with Gasteiger partial charge < -0.3 is 10.0 Å². The number of β-amino-alcohol motifs (C(OH)–C–C–N with tert-alkyl or cyclic N) is 1. The summed E-state index contributed by atoms with van der Waals surface area (Å²) < 4.78 is 4.22. The Hall–Kier alpha value is -0.720. The van der Waals surface area contributed by atoms with Gasteiger partial charge in [0.05, 0.1) is 6.10 Å². The largest absolute Gasteiger partial charge is 0.392 e. The number of aliphatic hydroxyl groups excluding tert-OH is 1. The molecule has 0 aliphatic carbocycles. The third-order valence-electron chi connectivity index (χ3n) is 3.05. The van der Waals surface area contributed by atoms with E-state index >= 15 is 0 Å². The predicted octanol–water partition coefficient (Wildman–Crippen LogP) is 0.738. The normalized spacial score (nSPS) is 24.0. The fraction of sp³-hybridized carbons (Fsp3) is 0.818. The van der Waals surface area contributed by atoms with Gasteiger partial charge in [-0.2, -0.15) is 4.37 Å². The molecule has 1 saturated heterocycles. The zero-order valence-electron chi connectivity index (χ0n) is 10.6. The van der Waals surface area contributed by atoms with Crippen LogP contribution < -0.4 is 4.90 Å². The summed E-state index contributed by atoms with van der Waals surface area (Å²) in [5.74, 6) is 0.851. The highest BCUT2D eigenvalue weighted by Gasteiger charge is 2.25. The Bertz CT molecular complexity index is 368. The molecule has 1 aromatic heterocycles. The molecule has 1 aliphatic rings. The second-order valence-corrected chi connectivity index (χ2v) is 5.49. The smallest absolute Gasteiger partial charge is 0.205 e. The van der Waals surface area contributed by atoms with Crippen LogP contribution in [0.15, 0.2) is 0 Å². The van der Waals surface area contributed by atoms with Gasteiger partial charge in [-0.1, -0.05) is 0 Å². The van der Waals surface area contributed by atoms with E-state index in [0.29, 0.717) is 6.04 Å². The van der Waals surface area contributed by atoms with Crippen LogP contribution >= 0.6 is 11.5 Å². The van der Waals surface area contributed by atoms with Gasteiger partial charge in [0.15, 0.2) is 0 Å². The van der Waals surface area contributed by atoms with Crippen molar-refractivity contribution >= 4 is 16.7 Å². The van der Waals surface area contributed by atoms with Crippen molar-refractivity contribution in [1.82, 2.24) is 14.3 Å². The highest BCUT2D eigenvalue weighted by Crippen LogP contribution is 2.21. The third kappa shape index (κ3) is 3.14. The predicted molar refractivity (Wildman–Crippen MR) is 69.6 cm³/mol. The van der Waals surface area contributed by atoms with Crippen LogP contribution in [0.3, 0.4) is 0 Å². The van der Waals surface area contributed by atoms with Crippen LogP contribution in [0.1, 0.15) is 19.7 Å². The van der Waals surface area contributed by atoms with Crippen molar-refractivity contribution in [1.29, 1.82) is 0 Å². The molecule has 6 heteroatoms. The van der Waals surface area contributed by atoms with Gasteiger partial charge in [0.2, 0.25) is 5.13 Å². The molecule has 2 atom stereocenters. The van der Waals surface area contributed by atoms with Gasteiger partial charge in [0.1, 0.15) is 5.82 Å². The van der Waals surface area contributed by atoms with Crippen LogP contribution in [0.4, 0.5) is 5.13 Å². The van der Waals surface area contributed by atoms with E-state index in [1.165, 1.54) is 11.5 Å². The summed E-state index contributed by atoms with van der Waals surface area (Å²) >= 11 is 1.47. The van der Waals surface area contributed by atoms with Crippen LogP contribution in [0, 0.1) is 6.92 Å². The van der Waals surface area contributed by atoms with Gasteiger partial charge in [0.25, 0.3) is 0 Å². The first-order valence-corrected chi connectivity index (χ1v) is 6.81. The zero-order chi connectivity index (χ0) is 12.4. The molecule has 0 spiro atoms. The molecule has 1 aromatic rings. The second-order valence-electron chi connectivity index (χ2n) is 4.76. The molecule has 0 radical (unpaired) electrons. The lowest BCUT2D eigenvalue weighted by Crippen LogP contribution is -2.53. The van der Waals surface area contributed by atoms with Crippen molar-refractivity contribution < 1.29 is 5.11 Å². The van der Waals surface area contributed by atoms with Gasteiger partial charge in [-0.15, -0.1) is 0 Å². The molecule has 2 rings (SSSR count). The van der Waals surface area contributed by atoms with Crippen molar-refractivity contribution in [2.75, 3.05) is 31.1 Å². The molecular weight excluding hydrogens is 236 g/mol. The molecule has 2 heterocycles.